The molecule has 102 valence electrons. The number of hydrogen-bond acceptors (Lipinski definition) is 3. The lowest BCUT2D eigenvalue weighted by atomic mass is 10.0. The molecule has 2 atom stereocenters. The van der Waals surface area contributed by atoms with E-state index in [0.717, 1.165) is 11.1 Å². The Hall–Kier alpha value is -0.393. The second kappa shape index (κ2) is 6.68. The number of benzene rings is 1. The predicted octanol–water partition coefficient (Wildman–Crippen LogP) is 3.51. The van der Waals surface area contributed by atoms with Gasteiger partial charge < -0.3 is 13.3 Å². The molecule has 0 aromatic heterocycles. The SMILES string of the molecule is CO[Si](OC)(OC)C(C)c1ccccc1C(C)Cl. The van der Waals surface area contributed by atoms with Crippen LogP contribution in [0.15, 0.2) is 24.3 Å². The summed E-state index contributed by atoms with van der Waals surface area (Å²) in [6.07, 6.45) is 0. The van der Waals surface area contributed by atoms with E-state index < -0.39 is 8.80 Å². The Morgan fingerprint density at radius 1 is 0.944 bits per heavy atom. The Morgan fingerprint density at radius 3 is 1.78 bits per heavy atom. The molecule has 0 saturated heterocycles. The van der Waals surface area contributed by atoms with Crippen LogP contribution in [0.25, 0.3) is 0 Å². The van der Waals surface area contributed by atoms with Gasteiger partial charge in [0.1, 0.15) is 0 Å². The molecule has 0 amide bonds. The predicted molar refractivity (Wildman–Crippen MR) is 75.9 cm³/mol. The van der Waals surface area contributed by atoms with E-state index in [1.807, 2.05) is 25.1 Å². The fraction of sp³-hybridized carbons (Fsp3) is 0.538. The van der Waals surface area contributed by atoms with Crippen molar-refractivity contribution in [2.45, 2.75) is 24.8 Å². The van der Waals surface area contributed by atoms with E-state index >= 15 is 0 Å². The molecular formula is C13H21ClO3Si. The zero-order valence-corrected chi connectivity index (χ0v) is 13.3. The minimum absolute atomic E-state index is 0.0369. The summed E-state index contributed by atoms with van der Waals surface area (Å²) < 4.78 is 16.6. The molecule has 0 bridgehead atoms. The Morgan fingerprint density at radius 2 is 1.39 bits per heavy atom. The van der Waals surface area contributed by atoms with E-state index in [0.29, 0.717) is 0 Å². The molecule has 0 heterocycles. The molecule has 0 aliphatic carbocycles. The molecule has 3 nitrogen and oxygen atoms in total. The van der Waals surface area contributed by atoms with Crippen LogP contribution in [0.5, 0.6) is 0 Å². The van der Waals surface area contributed by atoms with Crippen LogP contribution in [-0.2, 0) is 13.3 Å². The normalized spacial score (nSPS) is 15.4. The molecule has 0 aliphatic heterocycles. The fourth-order valence-corrected chi connectivity index (χ4v) is 4.64. The van der Waals surface area contributed by atoms with Crippen molar-refractivity contribution in [3.8, 4) is 0 Å². The van der Waals surface area contributed by atoms with Crippen LogP contribution in [0.2, 0.25) is 0 Å². The number of rotatable bonds is 6. The second-order valence-electron chi connectivity index (χ2n) is 4.18. The molecule has 0 radical (unpaired) electrons. The second-order valence-corrected chi connectivity index (χ2v) is 8.14. The van der Waals surface area contributed by atoms with E-state index in [4.69, 9.17) is 24.9 Å². The molecule has 0 aliphatic rings. The van der Waals surface area contributed by atoms with Gasteiger partial charge in [-0.1, -0.05) is 31.2 Å². The van der Waals surface area contributed by atoms with Gasteiger partial charge in [0.25, 0.3) is 0 Å². The molecule has 1 aromatic rings. The van der Waals surface area contributed by atoms with Crippen LogP contribution in [0, 0.1) is 0 Å². The number of alkyl halides is 1. The van der Waals surface area contributed by atoms with Gasteiger partial charge >= 0.3 is 8.80 Å². The minimum atomic E-state index is -2.70. The third-order valence-electron chi connectivity index (χ3n) is 3.27. The van der Waals surface area contributed by atoms with Crippen molar-refractivity contribution in [2.75, 3.05) is 21.3 Å². The van der Waals surface area contributed by atoms with Crippen molar-refractivity contribution >= 4 is 20.4 Å². The summed E-state index contributed by atoms with van der Waals surface area (Å²) in [6, 6.07) is 8.07. The highest BCUT2D eigenvalue weighted by Gasteiger charge is 2.46. The molecule has 2 unspecified atom stereocenters. The highest BCUT2D eigenvalue weighted by molar-refractivity contribution is 6.62. The Kier molecular flexibility index (Phi) is 5.81. The van der Waals surface area contributed by atoms with Gasteiger partial charge in [0, 0.05) is 21.3 Å². The van der Waals surface area contributed by atoms with Gasteiger partial charge in [-0.3, -0.25) is 0 Å². The molecular weight excluding hydrogens is 268 g/mol. The van der Waals surface area contributed by atoms with Gasteiger partial charge in [0.15, 0.2) is 0 Å². The molecule has 0 fully saturated rings. The molecule has 1 aromatic carbocycles. The lowest BCUT2D eigenvalue weighted by molar-refractivity contribution is 0.114. The highest BCUT2D eigenvalue weighted by atomic mass is 35.5. The monoisotopic (exact) mass is 288 g/mol. The first kappa shape index (κ1) is 15.7. The topological polar surface area (TPSA) is 27.7 Å². The van der Waals surface area contributed by atoms with Crippen molar-refractivity contribution in [2.24, 2.45) is 0 Å². The van der Waals surface area contributed by atoms with Gasteiger partial charge in [-0.25, -0.2) is 0 Å². The third-order valence-corrected chi connectivity index (χ3v) is 6.59. The van der Waals surface area contributed by atoms with Gasteiger partial charge in [0.05, 0.1) is 10.9 Å². The first-order chi connectivity index (χ1) is 8.52. The van der Waals surface area contributed by atoms with Crippen molar-refractivity contribution in [3.05, 3.63) is 35.4 Å². The summed E-state index contributed by atoms with van der Waals surface area (Å²) in [4.78, 5) is 0. The Balaban J connectivity index is 3.20. The summed E-state index contributed by atoms with van der Waals surface area (Å²) >= 11 is 6.23. The average molecular weight is 289 g/mol. The summed E-state index contributed by atoms with van der Waals surface area (Å²) in [6.45, 7) is 4.02. The van der Waals surface area contributed by atoms with Crippen LogP contribution in [0.1, 0.15) is 35.9 Å². The van der Waals surface area contributed by atoms with Crippen LogP contribution in [0.3, 0.4) is 0 Å². The molecule has 0 saturated carbocycles. The first-order valence-corrected chi connectivity index (χ1v) is 8.14. The van der Waals surface area contributed by atoms with Crippen molar-refractivity contribution in [1.82, 2.24) is 0 Å². The van der Waals surface area contributed by atoms with Gasteiger partial charge in [0.2, 0.25) is 0 Å². The molecule has 5 heteroatoms. The van der Waals surface area contributed by atoms with Crippen LogP contribution in [0.4, 0.5) is 0 Å². The smallest absolute Gasteiger partial charge is 0.376 e. The van der Waals surface area contributed by atoms with E-state index in [1.54, 1.807) is 21.3 Å². The molecule has 0 spiro atoms. The standard InChI is InChI=1S/C13H21ClO3Si/c1-10(14)12-8-6-7-9-13(12)11(2)18(15-3,16-4)17-5/h6-11H,1-5H3. The Bertz CT molecular complexity index is 372. The zero-order valence-electron chi connectivity index (χ0n) is 11.6. The lowest BCUT2D eigenvalue weighted by Crippen LogP contribution is -2.48. The molecule has 0 N–H and O–H groups in total. The maximum absolute atomic E-state index is 6.23. The fourth-order valence-electron chi connectivity index (χ4n) is 2.24. The average Bonchev–Trinajstić information content (AvgIpc) is 2.41. The number of hydrogen-bond donors (Lipinski definition) is 0. The van der Waals surface area contributed by atoms with Crippen LogP contribution in [-0.4, -0.2) is 30.1 Å². The zero-order chi connectivity index (χ0) is 13.8. The summed E-state index contributed by atoms with van der Waals surface area (Å²) in [5, 5.41) is -0.0547. The number of halogens is 1. The quantitative estimate of drug-likeness (QED) is 0.592. The molecule has 1 rings (SSSR count). The van der Waals surface area contributed by atoms with Crippen molar-refractivity contribution in [3.63, 3.8) is 0 Å². The largest absolute Gasteiger partial charge is 0.507 e. The van der Waals surface area contributed by atoms with Gasteiger partial charge in [-0.05, 0) is 18.1 Å². The third kappa shape index (κ3) is 2.95. The lowest BCUT2D eigenvalue weighted by Gasteiger charge is -2.31. The summed E-state index contributed by atoms with van der Waals surface area (Å²) in [5.41, 5.74) is 2.25. The Labute approximate surface area is 115 Å². The van der Waals surface area contributed by atoms with Gasteiger partial charge in [-0.2, -0.15) is 0 Å². The summed E-state index contributed by atoms with van der Waals surface area (Å²) in [7, 11) is 2.18. The van der Waals surface area contributed by atoms with Crippen molar-refractivity contribution < 1.29 is 13.3 Å². The van der Waals surface area contributed by atoms with Crippen molar-refractivity contribution in [1.29, 1.82) is 0 Å². The van der Waals surface area contributed by atoms with Crippen LogP contribution >= 0.6 is 11.6 Å². The van der Waals surface area contributed by atoms with E-state index in [2.05, 4.69) is 13.0 Å². The maximum Gasteiger partial charge on any atom is 0.507 e. The first-order valence-electron chi connectivity index (χ1n) is 5.90. The minimum Gasteiger partial charge on any atom is -0.376 e. The van der Waals surface area contributed by atoms with Gasteiger partial charge in [-0.15, -0.1) is 11.6 Å². The van der Waals surface area contributed by atoms with E-state index in [-0.39, 0.29) is 10.9 Å². The van der Waals surface area contributed by atoms with Crippen LogP contribution < -0.4 is 0 Å². The molecule has 18 heavy (non-hydrogen) atoms. The van der Waals surface area contributed by atoms with E-state index in [9.17, 15) is 0 Å². The highest BCUT2D eigenvalue weighted by Crippen LogP contribution is 2.34. The summed E-state index contributed by atoms with van der Waals surface area (Å²) in [5.74, 6) is 0. The maximum atomic E-state index is 6.23. The van der Waals surface area contributed by atoms with E-state index in [1.165, 1.54) is 0 Å².